The Kier molecular flexibility index (Phi) is 4.29. The van der Waals surface area contributed by atoms with Crippen molar-refractivity contribution in [3.63, 3.8) is 0 Å². The first-order valence-electron chi connectivity index (χ1n) is 5.46. The quantitative estimate of drug-likeness (QED) is 0.560. The average Bonchev–Trinajstić information content (AvgIpc) is 2.36. The molecule has 0 bridgehead atoms. The molecule has 0 saturated carbocycles. The van der Waals surface area contributed by atoms with E-state index in [0.717, 1.165) is 5.56 Å². The molecule has 1 aromatic rings. The molecule has 0 fully saturated rings. The summed E-state index contributed by atoms with van der Waals surface area (Å²) in [6.07, 6.45) is 3.07. The molecule has 0 amide bonds. The molecule has 0 heterocycles. The molecule has 16 heavy (non-hydrogen) atoms. The van der Waals surface area contributed by atoms with Crippen molar-refractivity contribution < 1.29 is 9.53 Å². The largest absolute Gasteiger partial charge is 0.468 e. The zero-order valence-electron chi connectivity index (χ0n) is 9.90. The second-order valence-electron chi connectivity index (χ2n) is 3.79. The highest BCUT2D eigenvalue weighted by Crippen LogP contribution is 2.33. The second kappa shape index (κ2) is 5.50. The van der Waals surface area contributed by atoms with Crippen LogP contribution in [0.2, 0.25) is 0 Å². The van der Waals surface area contributed by atoms with Gasteiger partial charge in [-0.2, -0.15) is 0 Å². The molecule has 0 spiro atoms. The fraction of sp³-hybridized carbons (Fsp3) is 0.357. The molecule has 2 nitrogen and oxygen atoms in total. The first-order chi connectivity index (χ1) is 7.71. The topological polar surface area (TPSA) is 26.3 Å². The van der Waals surface area contributed by atoms with Gasteiger partial charge in [-0.25, -0.2) is 0 Å². The molecule has 1 rings (SSSR count). The first kappa shape index (κ1) is 12.5. The molecular formula is C14H18O2. The predicted octanol–water partition coefficient (Wildman–Crippen LogP) is 3.08. The van der Waals surface area contributed by atoms with Gasteiger partial charge in [-0.1, -0.05) is 43.3 Å². The summed E-state index contributed by atoms with van der Waals surface area (Å²) < 4.78 is 4.93. The summed E-state index contributed by atoms with van der Waals surface area (Å²) in [4.78, 5) is 12.0. The number of esters is 1. The molecule has 0 aliphatic heterocycles. The summed E-state index contributed by atoms with van der Waals surface area (Å²) in [5.74, 6) is -0.193. The normalized spacial score (nSPS) is 13.9. The van der Waals surface area contributed by atoms with Gasteiger partial charge in [-0.15, -0.1) is 6.58 Å². The minimum atomic E-state index is -0.586. The van der Waals surface area contributed by atoms with E-state index in [1.54, 1.807) is 6.08 Å². The third kappa shape index (κ3) is 2.16. The fourth-order valence-electron chi connectivity index (χ4n) is 2.01. The van der Waals surface area contributed by atoms with Gasteiger partial charge in [0.25, 0.3) is 0 Å². The number of hydrogen-bond acceptors (Lipinski definition) is 2. The van der Waals surface area contributed by atoms with Crippen LogP contribution in [-0.2, 0) is 14.9 Å². The van der Waals surface area contributed by atoms with E-state index in [1.165, 1.54) is 7.11 Å². The van der Waals surface area contributed by atoms with Crippen molar-refractivity contribution >= 4 is 5.97 Å². The predicted molar refractivity (Wildman–Crippen MR) is 65.2 cm³/mol. The van der Waals surface area contributed by atoms with Gasteiger partial charge in [0.2, 0.25) is 0 Å². The average molecular weight is 218 g/mol. The van der Waals surface area contributed by atoms with Gasteiger partial charge in [0.05, 0.1) is 12.5 Å². The van der Waals surface area contributed by atoms with Crippen molar-refractivity contribution in [3.8, 4) is 0 Å². The lowest BCUT2D eigenvalue weighted by Crippen LogP contribution is -2.35. The van der Waals surface area contributed by atoms with Crippen LogP contribution in [0.5, 0.6) is 0 Å². The third-order valence-corrected chi connectivity index (χ3v) is 3.00. The minimum Gasteiger partial charge on any atom is -0.468 e. The molecule has 0 saturated heterocycles. The lowest BCUT2D eigenvalue weighted by molar-refractivity contribution is -0.147. The lowest BCUT2D eigenvalue weighted by Gasteiger charge is -2.29. The molecule has 0 radical (unpaired) electrons. The number of allylic oxidation sites excluding steroid dienone is 1. The summed E-state index contributed by atoms with van der Waals surface area (Å²) in [7, 11) is 1.43. The third-order valence-electron chi connectivity index (χ3n) is 3.00. The van der Waals surface area contributed by atoms with Gasteiger partial charge in [-0.05, 0) is 18.4 Å². The van der Waals surface area contributed by atoms with Crippen LogP contribution in [0, 0.1) is 0 Å². The molecule has 0 aliphatic carbocycles. The van der Waals surface area contributed by atoms with Crippen LogP contribution in [0.15, 0.2) is 43.0 Å². The van der Waals surface area contributed by atoms with E-state index in [-0.39, 0.29) is 5.97 Å². The fourth-order valence-corrected chi connectivity index (χ4v) is 2.01. The van der Waals surface area contributed by atoms with Crippen LogP contribution in [0.3, 0.4) is 0 Å². The number of carbonyl (C=O) groups excluding carboxylic acids is 1. The second-order valence-corrected chi connectivity index (χ2v) is 3.79. The zero-order valence-corrected chi connectivity index (χ0v) is 9.90. The Balaban J connectivity index is 3.22. The standard InChI is InChI=1S/C14H18O2/c1-4-11-14(5-2,13(15)16-3)12-9-7-6-8-10-12/h4,6-10H,1,5,11H2,2-3H3. The Hall–Kier alpha value is -1.57. The summed E-state index contributed by atoms with van der Waals surface area (Å²) >= 11 is 0. The van der Waals surface area contributed by atoms with Crippen LogP contribution >= 0.6 is 0 Å². The van der Waals surface area contributed by atoms with Crippen molar-refractivity contribution in [2.75, 3.05) is 7.11 Å². The molecule has 1 atom stereocenters. The van der Waals surface area contributed by atoms with E-state index < -0.39 is 5.41 Å². The Morgan fingerprint density at radius 3 is 2.50 bits per heavy atom. The number of hydrogen-bond donors (Lipinski definition) is 0. The highest BCUT2D eigenvalue weighted by Gasteiger charge is 2.38. The Bertz CT molecular complexity index is 356. The van der Waals surface area contributed by atoms with Gasteiger partial charge in [0, 0.05) is 0 Å². The highest BCUT2D eigenvalue weighted by molar-refractivity contribution is 5.83. The molecule has 1 unspecified atom stereocenters. The van der Waals surface area contributed by atoms with Gasteiger partial charge in [0.1, 0.15) is 0 Å². The minimum absolute atomic E-state index is 0.193. The lowest BCUT2D eigenvalue weighted by atomic mass is 9.75. The van der Waals surface area contributed by atoms with E-state index in [4.69, 9.17) is 4.74 Å². The summed E-state index contributed by atoms with van der Waals surface area (Å²) in [5, 5.41) is 0. The van der Waals surface area contributed by atoms with Crippen molar-refractivity contribution in [1.29, 1.82) is 0 Å². The number of ether oxygens (including phenoxy) is 1. The van der Waals surface area contributed by atoms with E-state index in [2.05, 4.69) is 6.58 Å². The Morgan fingerprint density at radius 1 is 1.44 bits per heavy atom. The molecular weight excluding hydrogens is 200 g/mol. The molecule has 86 valence electrons. The van der Waals surface area contributed by atoms with E-state index >= 15 is 0 Å². The SMILES string of the molecule is C=CCC(CC)(C(=O)OC)c1ccccc1. The molecule has 0 aliphatic rings. The van der Waals surface area contributed by atoms with Gasteiger partial charge in [0.15, 0.2) is 0 Å². The number of benzene rings is 1. The van der Waals surface area contributed by atoms with E-state index in [0.29, 0.717) is 12.8 Å². The maximum absolute atomic E-state index is 12.0. The van der Waals surface area contributed by atoms with Crippen molar-refractivity contribution in [1.82, 2.24) is 0 Å². The zero-order chi connectivity index (χ0) is 12.0. The summed E-state index contributed by atoms with van der Waals surface area (Å²) in [6.45, 7) is 5.72. The summed E-state index contributed by atoms with van der Waals surface area (Å²) in [5.41, 5.74) is 0.404. The monoisotopic (exact) mass is 218 g/mol. The molecule has 1 aromatic carbocycles. The van der Waals surface area contributed by atoms with Crippen LogP contribution in [0.4, 0.5) is 0 Å². The van der Waals surface area contributed by atoms with E-state index in [1.807, 2.05) is 37.3 Å². The van der Waals surface area contributed by atoms with Crippen molar-refractivity contribution in [2.24, 2.45) is 0 Å². The highest BCUT2D eigenvalue weighted by atomic mass is 16.5. The molecule has 0 N–H and O–H groups in total. The van der Waals surface area contributed by atoms with Crippen molar-refractivity contribution in [3.05, 3.63) is 48.6 Å². The number of methoxy groups -OCH3 is 1. The van der Waals surface area contributed by atoms with E-state index in [9.17, 15) is 4.79 Å². The van der Waals surface area contributed by atoms with Crippen molar-refractivity contribution in [2.45, 2.75) is 25.2 Å². The van der Waals surface area contributed by atoms with Crippen LogP contribution in [0.1, 0.15) is 25.3 Å². The Morgan fingerprint density at radius 2 is 2.06 bits per heavy atom. The molecule has 2 heteroatoms. The number of rotatable bonds is 5. The first-order valence-corrected chi connectivity index (χ1v) is 5.46. The maximum atomic E-state index is 12.0. The van der Waals surface area contributed by atoms with Gasteiger partial charge >= 0.3 is 5.97 Å². The van der Waals surface area contributed by atoms with Gasteiger partial charge in [-0.3, -0.25) is 4.79 Å². The molecule has 0 aromatic heterocycles. The van der Waals surface area contributed by atoms with Crippen LogP contribution in [-0.4, -0.2) is 13.1 Å². The van der Waals surface area contributed by atoms with Crippen LogP contribution in [0.25, 0.3) is 0 Å². The maximum Gasteiger partial charge on any atom is 0.316 e. The number of carbonyl (C=O) groups is 1. The smallest absolute Gasteiger partial charge is 0.316 e. The Labute approximate surface area is 96.9 Å². The van der Waals surface area contributed by atoms with Crippen LogP contribution < -0.4 is 0 Å². The summed E-state index contributed by atoms with van der Waals surface area (Å²) in [6, 6.07) is 9.74. The van der Waals surface area contributed by atoms with Gasteiger partial charge < -0.3 is 4.74 Å².